The van der Waals surface area contributed by atoms with Gasteiger partial charge in [-0.2, -0.15) is 12.6 Å². The molecule has 0 fully saturated rings. The van der Waals surface area contributed by atoms with E-state index in [9.17, 15) is 18.0 Å². The van der Waals surface area contributed by atoms with E-state index >= 15 is 0 Å². The summed E-state index contributed by atoms with van der Waals surface area (Å²) in [6.45, 7) is 6.54. The molecule has 0 spiro atoms. The molecule has 18 heavy (non-hydrogen) atoms. The van der Waals surface area contributed by atoms with Gasteiger partial charge in [-0.3, -0.25) is 4.79 Å². The fourth-order valence-electron chi connectivity index (χ4n) is 1.46. The second-order valence-electron chi connectivity index (χ2n) is 3.66. The Morgan fingerprint density at radius 1 is 1.50 bits per heavy atom. The van der Waals surface area contributed by atoms with E-state index in [0.717, 1.165) is 6.08 Å². The molecule has 0 heterocycles. The lowest BCUT2D eigenvalue weighted by Gasteiger charge is -2.17. The molecule has 0 aromatic heterocycles. The van der Waals surface area contributed by atoms with E-state index < -0.39 is 17.9 Å². The lowest BCUT2D eigenvalue weighted by molar-refractivity contribution is -0.303. The van der Waals surface area contributed by atoms with E-state index in [1.165, 1.54) is 6.92 Å². The molecule has 0 bridgehead atoms. The highest BCUT2D eigenvalue weighted by Gasteiger charge is 2.34. The van der Waals surface area contributed by atoms with Gasteiger partial charge in [0.25, 0.3) is 0 Å². The Morgan fingerprint density at radius 2 is 2.06 bits per heavy atom. The topological polar surface area (TPSA) is 26.3 Å². The summed E-state index contributed by atoms with van der Waals surface area (Å²) < 4.78 is 40.1. The van der Waals surface area contributed by atoms with Gasteiger partial charge >= 0.3 is 6.36 Å². The first-order valence-electron chi connectivity index (χ1n) is 5.53. The van der Waals surface area contributed by atoms with E-state index in [2.05, 4.69) is 23.9 Å². The van der Waals surface area contributed by atoms with E-state index in [0.29, 0.717) is 18.6 Å². The quantitative estimate of drug-likeness (QED) is 0.332. The van der Waals surface area contributed by atoms with E-state index in [-0.39, 0.29) is 11.5 Å². The average Bonchev–Trinajstić information content (AvgIpc) is 2.30. The van der Waals surface area contributed by atoms with Crippen LogP contribution in [0.2, 0.25) is 0 Å². The Hall–Kier alpha value is -0.910. The third kappa shape index (κ3) is 5.62. The van der Waals surface area contributed by atoms with Gasteiger partial charge in [-0.15, -0.1) is 13.2 Å². The van der Waals surface area contributed by atoms with Crippen LogP contribution in [-0.2, 0) is 9.53 Å². The van der Waals surface area contributed by atoms with Crippen LogP contribution >= 0.6 is 12.6 Å². The molecule has 0 amide bonds. The number of thiol groups is 1. The number of ether oxygens (including phenoxy) is 1. The second-order valence-corrected chi connectivity index (χ2v) is 4.11. The standard InChI is InChI=1S/C12H17F3O2S/c1-4-9(6-7-18)11(16)8(3)10(5-2)17-12(13,14)15/h5,9,18H,3-4,6-7H2,1-2H3/b10-5+. The molecular weight excluding hydrogens is 265 g/mol. The van der Waals surface area contributed by atoms with Crippen LogP contribution in [0.4, 0.5) is 13.2 Å². The summed E-state index contributed by atoms with van der Waals surface area (Å²) in [5.41, 5.74) is -0.247. The van der Waals surface area contributed by atoms with Crippen LogP contribution in [0.1, 0.15) is 26.7 Å². The van der Waals surface area contributed by atoms with Crippen molar-refractivity contribution in [2.24, 2.45) is 5.92 Å². The summed E-state index contributed by atoms with van der Waals surface area (Å²) in [6.07, 6.45) is -2.71. The van der Waals surface area contributed by atoms with Crippen LogP contribution in [0, 0.1) is 5.92 Å². The summed E-state index contributed by atoms with van der Waals surface area (Å²) in [5.74, 6) is -0.848. The number of hydrogen-bond donors (Lipinski definition) is 1. The number of hydrogen-bond acceptors (Lipinski definition) is 3. The molecule has 0 aliphatic heterocycles. The second kappa shape index (κ2) is 7.51. The molecule has 0 aromatic rings. The number of Topliss-reactive ketones (excluding diaryl/α,β-unsaturated/α-hetero) is 1. The predicted molar refractivity (Wildman–Crippen MR) is 67.3 cm³/mol. The fourth-order valence-corrected chi connectivity index (χ4v) is 1.78. The number of ketones is 1. The van der Waals surface area contributed by atoms with Crippen molar-refractivity contribution in [1.29, 1.82) is 0 Å². The SMILES string of the molecule is C=C(C(=O)C(CC)CCS)/C(=C\C)OC(F)(F)F. The summed E-state index contributed by atoms with van der Waals surface area (Å²) in [5, 5.41) is 0. The fraction of sp³-hybridized carbons (Fsp3) is 0.583. The monoisotopic (exact) mass is 282 g/mol. The Kier molecular flexibility index (Phi) is 7.13. The van der Waals surface area contributed by atoms with E-state index in [4.69, 9.17) is 0 Å². The van der Waals surface area contributed by atoms with Gasteiger partial charge in [0, 0.05) is 5.92 Å². The van der Waals surface area contributed by atoms with Gasteiger partial charge in [0.1, 0.15) is 5.76 Å². The third-order valence-electron chi connectivity index (χ3n) is 2.42. The molecule has 0 saturated heterocycles. The molecule has 6 heteroatoms. The normalized spacial score (nSPS) is 14.2. The van der Waals surface area contributed by atoms with Gasteiger partial charge in [0.05, 0.1) is 5.57 Å². The molecular formula is C12H17F3O2S. The molecule has 2 nitrogen and oxygen atoms in total. The molecule has 0 radical (unpaired) electrons. The maximum absolute atomic E-state index is 12.1. The van der Waals surface area contributed by atoms with Gasteiger partial charge in [-0.1, -0.05) is 13.5 Å². The van der Waals surface area contributed by atoms with Crippen molar-refractivity contribution in [3.63, 3.8) is 0 Å². The highest BCUT2D eigenvalue weighted by atomic mass is 32.1. The van der Waals surface area contributed by atoms with Crippen molar-refractivity contribution in [2.75, 3.05) is 5.75 Å². The Labute approximate surface area is 110 Å². The maximum atomic E-state index is 12.1. The first kappa shape index (κ1) is 17.1. The first-order chi connectivity index (χ1) is 8.26. The molecule has 0 rings (SSSR count). The molecule has 1 atom stereocenters. The van der Waals surface area contributed by atoms with Crippen molar-refractivity contribution >= 4 is 18.4 Å². The third-order valence-corrected chi connectivity index (χ3v) is 2.68. The van der Waals surface area contributed by atoms with Crippen molar-refractivity contribution in [3.8, 4) is 0 Å². The Balaban J connectivity index is 4.85. The van der Waals surface area contributed by atoms with Crippen LogP contribution in [-0.4, -0.2) is 17.9 Å². The molecule has 0 N–H and O–H groups in total. The number of rotatable bonds is 7. The average molecular weight is 282 g/mol. The van der Waals surface area contributed by atoms with E-state index in [1.807, 2.05) is 0 Å². The van der Waals surface area contributed by atoms with Crippen LogP contribution < -0.4 is 0 Å². The van der Waals surface area contributed by atoms with Crippen LogP contribution in [0.5, 0.6) is 0 Å². The number of alkyl halides is 3. The van der Waals surface area contributed by atoms with Crippen LogP contribution in [0.3, 0.4) is 0 Å². The smallest absolute Gasteiger partial charge is 0.405 e. The highest BCUT2D eigenvalue weighted by Crippen LogP contribution is 2.27. The largest absolute Gasteiger partial charge is 0.573 e. The maximum Gasteiger partial charge on any atom is 0.573 e. The molecule has 0 aliphatic carbocycles. The van der Waals surface area contributed by atoms with Crippen LogP contribution in [0.25, 0.3) is 0 Å². The summed E-state index contributed by atoms with van der Waals surface area (Å²) in [7, 11) is 0. The van der Waals surface area contributed by atoms with Crippen LogP contribution in [0.15, 0.2) is 24.0 Å². The summed E-state index contributed by atoms with van der Waals surface area (Å²) in [4.78, 5) is 11.9. The first-order valence-corrected chi connectivity index (χ1v) is 6.16. The van der Waals surface area contributed by atoms with Gasteiger partial charge in [0.15, 0.2) is 5.78 Å². The number of halogens is 3. The summed E-state index contributed by atoms with van der Waals surface area (Å²) in [6, 6.07) is 0. The summed E-state index contributed by atoms with van der Waals surface area (Å²) >= 11 is 4.01. The van der Waals surface area contributed by atoms with Crippen molar-refractivity contribution in [1.82, 2.24) is 0 Å². The van der Waals surface area contributed by atoms with Crippen molar-refractivity contribution < 1.29 is 22.7 Å². The molecule has 0 aromatic carbocycles. The molecule has 104 valence electrons. The number of carbonyl (C=O) groups is 1. The number of allylic oxidation sites excluding steroid dienone is 2. The Morgan fingerprint density at radius 3 is 2.39 bits per heavy atom. The number of carbonyl (C=O) groups excluding carboxylic acids is 1. The minimum atomic E-state index is -4.82. The Bertz CT molecular complexity index is 335. The zero-order valence-corrected chi connectivity index (χ0v) is 11.3. The molecule has 0 saturated carbocycles. The zero-order chi connectivity index (χ0) is 14.3. The lowest BCUT2D eigenvalue weighted by Crippen LogP contribution is -2.21. The minimum Gasteiger partial charge on any atom is -0.405 e. The minimum absolute atomic E-state index is 0.247. The van der Waals surface area contributed by atoms with Crippen molar-refractivity contribution in [3.05, 3.63) is 24.0 Å². The van der Waals surface area contributed by atoms with Gasteiger partial charge in [0.2, 0.25) is 0 Å². The molecule has 0 aliphatic rings. The highest BCUT2D eigenvalue weighted by molar-refractivity contribution is 7.80. The van der Waals surface area contributed by atoms with Gasteiger partial charge < -0.3 is 4.74 Å². The predicted octanol–water partition coefficient (Wildman–Crippen LogP) is 3.90. The lowest BCUT2D eigenvalue weighted by atomic mass is 9.92. The molecule has 1 unspecified atom stereocenters. The van der Waals surface area contributed by atoms with Gasteiger partial charge in [-0.25, -0.2) is 0 Å². The zero-order valence-electron chi connectivity index (χ0n) is 10.4. The van der Waals surface area contributed by atoms with E-state index in [1.54, 1.807) is 6.92 Å². The van der Waals surface area contributed by atoms with Crippen molar-refractivity contribution in [2.45, 2.75) is 33.1 Å². The van der Waals surface area contributed by atoms with Gasteiger partial charge in [-0.05, 0) is 31.6 Å².